The summed E-state index contributed by atoms with van der Waals surface area (Å²) in [7, 11) is 1.85. The summed E-state index contributed by atoms with van der Waals surface area (Å²) in [5, 5.41) is 11.6. The van der Waals surface area contributed by atoms with Crippen molar-refractivity contribution in [3.63, 3.8) is 0 Å². The molecule has 1 aromatic carbocycles. The summed E-state index contributed by atoms with van der Waals surface area (Å²) in [4.78, 5) is 11.7. The third-order valence-corrected chi connectivity index (χ3v) is 6.33. The zero-order valence-electron chi connectivity index (χ0n) is 20.6. The molecule has 0 spiro atoms. The van der Waals surface area contributed by atoms with Crippen molar-refractivity contribution in [1.82, 2.24) is 10.6 Å². The van der Waals surface area contributed by atoms with Gasteiger partial charge in [0.15, 0.2) is 5.75 Å². The van der Waals surface area contributed by atoms with Crippen LogP contribution in [0.3, 0.4) is 0 Å². The predicted molar refractivity (Wildman–Crippen MR) is 142 cm³/mol. The van der Waals surface area contributed by atoms with Gasteiger partial charge in [-0.1, -0.05) is 64.1 Å². The Balaban J connectivity index is 2.53. The van der Waals surface area contributed by atoms with Crippen LogP contribution in [-0.4, -0.2) is 18.8 Å². The van der Waals surface area contributed by atoms with Gasteiger partial charge >= 0.3 is 0 Å². The lowest BCUT2D eigenvalue weighted by Crippen LogP contribution is -2.46. The van der Waals surface area contributed by atoms with E-state index in [4.69, 9.17) is 33.7 Å². The van der Waals surface area contributed by atoms with Crippen molar-refractivity contribution in [2.24, 2.45) is 22.7 Å². The third-order valence-electron chi connectivity index (χ3n) is 5.77. The minimum Gasteiger partial charge on any atom is -0.454 e. The van der Waals surface area contributed by atoms with Gasteiger partial charge in [-0.2, -0.15) is 0 Å². The minimum absolute atomic E-state index is 0.203. The van der Waals surface area contributed by atoms with E-state index in [9.17, 15) is 4.79 Å². The molecule has 1 aliphatic heterocycles. The normalized spacial score (nSPS) is 16.1. The number of benzene rings is 1. The standard InChI is InChI=1S/C25H33Cl2N5O2/c1-9-14(4)22(12-19(16(6)29-8)15(5)13(2)3)34-23-20(26)10-18(11-21(23)27)32-17(7)30-25(33)24(28)31-32/h10-13,15,29H,6-7,9H2,1-5,8H3,(H2,28,31)(H,30,33)/b19-12-,22-14-. The summed E-state index contributed by atoms with van der Waals surface area (Å²) in [6.07, 6.45) is 2.77. The molecule has 34 heavy (non-hydrogen) atoms. The first-order valence-electron chi connectivity index (χ1n) is 11.0. The van der Waals surface area contributed by atoms with Gasteiger partial charge in [0, 0.05) is 12.7 Å². The van der Waals surface area contributed by atoms with Crippen molar-refractivity contribution in [2.75, 3.05) is 12.1 Å². The Morgan fingerprint density at radius 3 is 2.41 bits per heavy atom. The largest absolute Gasteiger partial charge is 0.454 e. The minimum atomic E-state index is -0.524. The summed E-state index contributed by atoms with van der Waals surface area (Å²) in [5.74, 6) is 1.09. The summed E-state index contributed by atoms with van der Waals surface area (Å²) in [6.45, 7) is 18.5. The molecule has 0 bridgehead atoms. The van der Waals surface area contributed by atoms with Gasteiger partial charge < -0.3 is 21.1 Å². The molecule has 0 radical (unpaired) electrons. The molecule has 0 saturated heterocycles. The van der Waals surface area contributed by atoms with Crippen LogP contribution in [0.2, 0.25) is 10.0 Å². The highest BCUT2D eigenvalue weighted by Crippen LogP contribution is 2.40. The van der Waals surface area contributed by atoms with E-state index in [1.54, 1.807) is 12.1 Å². The van der Waals surface area contributed by atoms with Crippen molar-refractivity contribution in [2.45, 2.75) is 41.0 Å². The highest BCUT2D eigenvalue weighted by Gasteiger charge is 2.24. The highest BCUT2D eigenvalue weighted by molar-refractivity contribution is 6.39. The monoisotopic (exact) mass is 505 g/mol. The lowest BCUT2D eigenvalue weighted by Gasteiger charge is -2.26. The molecular formula is C25H33Cl2N5O2. The smallest absolute Gasteiger partial charge is 0.293 e. The van der Waals surface area contributed by atoms with Gasteiger partial charge in [-0.25, -0.2) is 5.01 Å². The maximum atomic E-state index is 11.7. The summed E-state index contributed by atoms with van der Waals surface area (Å²) >= 11 is 13.2. The molecule has 0 aromatic heterocycles. The van der Waals surface area contributed by atoms with Crippen molar-refractivity contribution in [3.8, 4) is 5.75 Å². The summed E-state index contributed by atoms with van der Waals surface area (Å²) < 4.78 is 6.29. The van der Waals surface area contributed by atoms with Gasteiger partial charge in [0.25, 0.3) is 5.91 Å². The van der Waals surface area contributed by atoms with Gasteiger partial charge in [0.1, 0.15) is 11.6 Å². The maximum absolute atomic E-state index is 11.7. The second kappa shape index (κ2) is 11.5. The van der Waals surface area contributed by atoms with E-state index in [0.29, 0.717) is 23.1 Å². The van der Waals surface area contributed by atoms with E-state index >= 15 is 0 Å². The number of carbonyl (C=O) groups is 1. The van der Waals surface area contributed by atoms with Crippen LogP contribution in [0.5, 0.6) is 5.75 Å². The van der Waals surface area contributed by atoms with E-state index in [0.717, 1.165) is 23.3 Å². The third kappa shape index (κ3) is 6.15. The molecule has 2 rings (SSSR count). The Morgan fingerprint density at radius 1 is 1.32 bits per heavy atom. The Hall–Kier alpha value is -2.90. The fraction of sp³-hybridized carbons (Fsp3) is 0.360. The van der Waals surface area contributed by atoms with Gasteiger partial charge in [0.2, 0.25) is 5.84 Å². The zero-order valence-corrected chi connectivity index (χ0v) is 22.1. The van der Waals surface area contributed by atoms with Crippen LogP contribution in [-0.2, 0) is 4.79 Å². The molecule has 9 heteroatoms. The number of amides is 1. The van der Waals surface area contributed by atoms with E-state index in [1.807, 2.05) is 20.0 Å². The van der Waals surface area contributed by atoms with Crippen LogP contribution in [0.25, 0.3) is 0 Å². The Labute approximate surface area is 212 Å². The second-order valence-corrected chi connectivity index (χ2v) is 9.21. The van der Waals surface area contributed by atoms with Crippen LogP contribution in [0.4, 0.5) is 5.69 Å². The fourth-order valence-corrected chi connectivity index (χ4v) is 3.66. The van der Waals surface area contributed by atoms with E-state index in [1.165, 1.54) is 5.01 Å². The van der Waals surface area contributed by atoms with E-state index in [2.05, 4.69) is 56.6 Å². The van der Waals surface area contributed by atoms with Crippen LogP contribution in [0.15, 0.2) is 64.9 Å². The lowest BCUT2D eigenvalue weighted by atomic mass is 9.87. The molecule has 0 saturated carbocycles. The second-order valence-electron chi connectivity index (χ2n) is 8.40. The van der Waals surface area contributed by atoms with Crippen molar-refractivity contribution < 1.29 is 9.53 Å². The predicted octanol–water partition coefficient (Wildman–Crippen LogP) is 5.69. The van der Waals surface area contributed by atoms with Crippen molar-refractivity contribution in [3.05, 3.63) is 69.8 Å². The quantitative estimate of drug-likeness (QED) is 0.296. The molecular weight excluding hydrogens is 473 g/mol. The van der Waals surface area contributed by atoms with E-state index < -0.39 is 5.91 Å². The maximum Gasteiger partial charge on any atom is 0.293 e. The number of ether oxygens (including phenoxy) is 1. The molecule has 1 aromatic rings. The average molecular weight is 506 g/mol. The van der Waals surface area contributed by atoms with Crippen LogP contribution < -0.4 is 26.1 Å². The first-order valence-corrected chi connectivity index (χ1v) is 11.8. The molecule has 4 N–H and O–H groups in total. The Kier molecular flexibility index (Phi) is 9.24. The topological polar surface area (TPSA) is 92.0 Å². The molecule has 1 unspecified atom stereocenters. The lowest BCUT2D eigenvalue weighted by molar-refractivity contribution is -0.114. The summed E-state index contributed by atoms with van der Waals surface area (Å²) in [6, 6.07) is 3.24. The first kappa shape index (κ1) is 27.3. The van der Waals surface area contributed by atoms with Crippen LogP contribution in [0.1, 0.15) is 41.0 Å². The number of nitrogens with two attached hydrogens (primary N) is 1. The number of nitrogens with one attached hydrogen (secondary N) is 2. The van der Waals surface area contributed by atoms with Gasteiger partial charge in [-0.3, -0.25) is 4.79 Å². The number of halogens is 2. The average Bonchev–Trinajstić information content (AvgIpc) is 2.78. The van der Waals surface area contributed by atoms with Gasteiger partial charge in [-0.15, -0.1) is 5.10 Å². The fourth-order valence-electron chi connectivity index (χ4n) is 3.10. The number of likely N-dealkylation sites (N-methyl/N-ethyl adjacent to an activating group) is 1. The first-order chi connectivity index (χ1) is 15.9. The number of allylic oxidation sites excluding steroid dienone is 3. The van der Waals surface area contributed by atoms with Crippen molar-refractivity contribution >= 4 is 40.6 Å². The molecule has 1 aliphatic rings. The molecule has 1 heterocycles. The number of carbonyl (C=O) groups excluding carboxylic acids is 1. The van der Waals surface area contributed by atoms with Gasteiger partial charge in [-0.05, 0) is 54.5 Å². The number of hydrogen-bond acceptors (Lipinski definition) is 6. The van der Waals surface area contributed by atoms with Gasteiger partial charge in [0.05, 0.1) is 15.7 Å². The zero-order chi connectivity index (χ0) is 25.7. The molecule has 1 atom stereocenters. The van der Waals surface area contributed by atoms with Crippen LogP contribution in [0, 0.1) is 11.8 Å². The Morgan fingerprint density at radius 2 is 1.91 bits per heavy atom. The Bertz CT molecular complexity index is 1070. The SMILES string of the molecule is C=C(NC)/C(=C\C(Oc1c(Cl)cc(N2N=C(N)C(=O)NC2=C)cc1Cl)=C(/C)CC)C(C)C(C)C. The number of amidine groups is 1. The molecule has 7 nitrogen and oxygen atoms in total. The summed E-state index contributed by atoms with van der Waals surface area (Å²) in [5.41, 5.74) is 9.01. The number of rotatable bonds is 9. The number of anilines is 1. The number of nitrogens with zero attached hydrogens (tertiary/aromatic N) is 2. The van der Waals surface area contributed by atoms with Crippen LogP contribution >= 0.6 is 23.2 Å². The van der Waals surface area contributed by atoms with Crippen molar-refractivity contribution in [1.29, 1.82) is 0 Å². The number of hydrazone groups is 1. The highest BCUT2D eigenvalue weighted by atomic mass is 35.5. The molecule has 1 amide bonds. The van der Waals surface area contributed by atoms with E-state index in [-0.39, 0.29) is 27.6 Å². The number of hydrogen-bond donors (Lipinski definition) is 3. The molecule has 184 valence electrons. The molecule has 0 aliphatic carbocycles. The molecule has 0 fully saturated rings.